The molecule has 0 atom stereocenters. The zero-order valence-electron chi connectivity index (χ0n) is 7.26. The van der Waals surface area contributed by atoms with Gasteiger partial charge in [0.1, 0.15) is 0 Å². The summed E-state index contributed by atoms with van der Waals surface area (Å²) in [5, 5.41) is 9.18. The van der Waals surface area contributed by atoms with Crippen LogP contribution in [-0.4, -0.2) is 17.6 Å². The van der Waals surface area contributed by atoms with Crippen LogP contribution in [0.3, 0.4) is 0 Å². The van der Waals surface area contributed by atoms with Gasteiger partial charge in [-0.15, -0.1) is 0 Å². The van der Waals surface area contributed by atoms with Gasteiger partial charge in [-0.2, -0.15) is 0 Å². The molecule has 1 aromatic rings. The second kappa shape index (κ2) is 4.64. The predicted octanol–water partition coefficient (Wildman–Crippen LogP) is 1.63. The van der Waals surface area contributed by atoms with Gasteiger partial charge < -0.3 is 10.8 Å². The van der Waals surface area contributed by atoms with Crippen LogP contribution in [0.15, 0.2) is 12.1 Å². The summed E-state index contributed by atoms with van der Waals surface area (Å²) < 4.78 is 0. The van der Waals surface area contributed by atoms with Gasteiger partial charge in [-0.3, -0.25) is 4.79 Å². The largest absolute Gasteiger partial charge is 0.396 e. The van der Waals surface area contributed by atoms with Crippen LogP contribution >= 0.6 is 23.2 Å². The lowest BCUT2D eigenvalue weighted by atomic mass is 10.1. The maximum absolute atomic E-state index is 11.0. The minimum atomic E-state index is -0.667. The summed E-state index contributed by atoms with van der Waals surface area (Å²) >= 11 is 11.6. The molecule has 14 heavy (non-hydrogen) atoms. The van der Waals surface area contributed by atoms with Gasteiger partial charge in [0.2, 0.25) is 0 Å². The van der Waals surface area contributed by atoms with Gasteiger partial charge in [0.05, 0.1) is 15.6 Å². The molecule has 0 saturated carbocycles. The van der Waals surface area contributed by atoms with Crippen molar-refractivity contribution in [1.82, 2.24) is 0 Å². The maximum Gasteiger partial charge on any atom is 0.251 e. The standard InChI is InChI=1S/C9H9Cl2NO2/c10-6-2-1-5(3-4-13)8(11)7(6)9(12)14/h1-2,13H,3-4H2,(H2,12,14). The number of nitrogens with two attached hydrogens (primary N) is 1. The quantitative estimate of drug-likeness (QED) is 0.834. The average molecular weight is 234 g/mol. The van der Waals surface area contributed by atoms with Crippen LogP contribution in [0.4, 0.5) is 0 Å². The van der Waals surface area contributed by atoms with Crippen LogP contribution in [-0.2, 0) is 6.42 Å². The third-order valence-corrected chi connectivity index (χ3v) is 2.55. The van der Waals surface area contributed by atoms with E-state index in [0.717, 1.165) is 0 Å². The number of primary amides is 1. The second-order valence-electron chi connectivity index (χ2n) is 2.73. The summed E-state index contributed by atoms with van der Waals surface area (Å²) in [5.74, 6) is -0.667. The van der Waals surface area contributed by atoms with Crippen molar-refractivity contribution in [1.29, 1.82) is 0 Å². The molecular weight excluding hydrogens is 225 g/mol. The number of amides is 1. The lowest BCUT2D eigenvalue weighted by Crippen LogP contribution is -2.13. The van der Waals surface area contributed by atoms with Crippen molar-refractivity contribution < 1.29 is 9.90 Å². The molecule has 0 aromatic heterocycles. The van der Waals surface area contributed by atoms with E-state index < -0.39 is 5.91 Å². The molecule has 0 aliphatic heterocycles. The fourth-order valence-corrected chi connectivity index (χ4v) is 1.79. The molecule has 0 saturated heterocycles. The van der Waals surface area contributed by atoms with E-state index in [9.17, 15) is 4.79 Å². The summed E-state index contributed by atoms with van der Waals surface area (Å²) in [5.41, 5.74) is 5.88. The molecule has 0 fully saturated rings. The molecule has 5 heteroatoms. The number of benzene rings is 1. The molecular formula is C9H9Cl2NO2. The summed E-state index contributed by atoms with van der Waals surface area (Å²) in [4.78, 5) is 11.0. The van der Waals surface area contributed by atoms with E-state index in [4.69, 9.17) is 34.0 Å². The summed E-state index contributed by atoms with van der Waals surface area (Å²) in [6.07, 6.45) is 0.371. The minimum absolute atomic E-state index is 0.0421. The van der Waals surface area contributed by atoms with Gasteiger partial charge in [0.25, 0.3) is 5.91 Å². The fraction of sp³-hybridized carbons (Fsp3) is 0.222. The first kappa shape index (κ1) is 11.3. The summed E-state index contributed by atoms with van der Waals surface area (Å²) in [6.45, 7) is -0.0421. The number of aliphatic hydroxyl groups excluding tert-OH is 1. The first-order valence-corrected chi connectivity index (χ1v) is 4.71. The molecule has 0 unspecified atom stereocenters. The van der Waals surface area contributed by atoms with E-state index in [1.807, 2.05) is 0 Å². The molecule has 0 aliphatic carbocycles. The van der Waals surface area contributed by atoms with Crippen LogP contribution in [0.2, 0.25) is 10.0 Å². The predicted molar refractivity (Wildman–Crippen MR) is 55.8 cm³/mol. The Hall–Kier alpha value is -0.770. The van der Waals surface area contributed by atoms with E-state index >= 15 is 0 Å². The molecule has 0 bridgehead atoms. The number of carbonyl (C=O) groups excluding carboxylic acids is 1. The molecule has 3 nitrogen and oxygen atoms in total. The van der Waals surface area contributed by atoms with Crippen molar-refractivity contribution in [3.63, 3.8) is 0 Å². The van der Waals surface area contributed by atoms with Gasteiger partial charge in [0, 0.05) is 6.61 Å². The third kappa shape index (κ3) is 2.18. The number of carbonyl (C=O) groups is 1. The molecule has 0 spiro atoms. The first-order chi connectivity index (χ1) is 6.57. The molecule has 0 radical (unpaired) electrons. The molecule has 1 rings (SSSR count). The van der Waals surface area contributed by atoms with E-state index in [1.165, 1.54) is 0 Å². The van der Waals surface area contributed by atoms with Crippen LogP contribution in [0, 0.1) is 0 Å². The zero-order chi connectivity index (χ0) is 10.7. The van der Waals surface area contributed by atoms with Crippen molar-refractivity contribution >= 4 is 29.1 Å². The van der Waals surface area contributed by atoms with Crippen LogP contribution in [0.1, 0.15) is 15.9 Å². The van der Waals surface area contributed by atoms with Crippen molar-refractivity contribution in [3.05, 3.63) is 33.3 Å². The number of rotatable bonds is 3. The summed E-state index contributed by atoms with van der Waals surface area (Å²) in [7, 11) is 0. The van der Waals surface area contributed by atoms with Gasteiger partial charge in [-0.25, -0.2) is 0 Å². The highest BCUT2D eigenvalue weighted by molar-refractivity contribution is 6.40. The Balaban J connectivity index is 3.26. The highest BCUT2D eigenvalue weighted by Crippen LogP contribution is 2.27. The molecule has 0 heterocycles. The van der Waals surface area contributed by atoms with Crippen molar-refractivity contribution in [2.45, 2.75) is 6.42 Å². The van der Waals surface area contributed by atoms with Gasteiger partial charge in [-0.1, -0.05) is 29.3 Å². The Bertz CT molecular complexity index is 366. The monoisotopic (exact) mass is 233 g/mol. The number of halogens is 2. The molecule has 76 valence electrons. The maximum atomic E-state index is 11.0. The van der Waals surface area contributed by atoms with E-state index in [0.29, 0.717) is 12.0 Å². The lowest BCUT2D eigenvalue weighted by Gasteiger charge is -2.07. The highest BCUT2D eigenvalue weighted by atomic mass is 35.5. The first-order valence-electron chi connectivity index (χ1n) is 3.95. The third-order valence-electron chi connectivity index (χ3n) is 1.80. The van der Waals surface area contributed by atoms with Crippen LogP contribution in [0.25, 0.3) is 0 Å². The van der Waals surface area contributed by atoms with Crippen LogP contribution < -0.4 is 5.73 Å². The van der Waals surface area contributed by atoms with Crippen LogP contribution in [0.5, 0.6) is 0 Å². The number of hydrogen-bond donors (Lipinski definition) is 2. The number of hydrogen-bond acceptors (Lipinski definition) is 2. The van der Waals surface area contributed by atoms with E-state index in [-0.39, 0.29) is 22.2 Å². The highest BCUT2D eigenvalue weighted by Gasteiger charge is 2.14. The van der Waals surface area contributed by atoms with E-state index in [1.54, 1.807) is 12.1 Å². The van der Waals surface area contributed by atoms with Gasteiger partial charge in [-0.05, 0) is 18.1 Å². The SMILES string of the molecule is NC(=O)c1c(Cl)ccc(CCO)c1Cl. The minimum Gasteiger partial charge on any atom is -0.396 e. The molecule has 0 aliphatic rings. The van der Waals surface area contributed by atoms with Crippen molar-refractivity contribution in [2.75, 3.05) is 6.61 Å². The molecule has 1 amide bonds. The van der Waals surface area contributed by atoms with Gasteiger partial charge >= 0.3 is 0 Å². The lowest BCUT2D eigenvalue weighted by molar-refractivity contribution is 0.100. The van der Waals surface area contributed by atoms with E-state index in [2.05, 4.69) is 0 Å². The Kier molecular flexibility index (Phi) is 3.75. The summed E-state index contributed by atoms with van der Waals surface area (Å²) in [6, 6.07) is 3.20. The van der Waals surface area contributed by atoms with Gasteiger partial charge in [0.15, 0.2) is 0 Å². The smallest absolute Gasteiger partial charge is 0.251 e. The zero-order valence-corrected chi connectivity index (χ0v) is 8.77. The Morgan fingerprint density at radius 3 is 2.57 bits per heavy atom. The van der Waals surface area contributed by atoms with Crippen molar-refractivity contribution in [2.24, 2.45) is 5.73 Å². The second-order valence-corrected chi connectivity index (χ2v) is 3.52. The Morgan fingerprint density at radius 1 is 1.43 bits per heavy atom. The molecule has 3 N–H and O–H groups in total. The molecule has 1 aromatic carbocycles. The topological polar surface area (TPSA) is 63.3 Å². The number of aliphatic hydroxyl groups is 1. The van der Waals surface area contributed by atoms with Crippen molar-refractivity contribution in [3.8, 4) is 0 Å². The Morgan fingerprint density at radius 2 is 2.07 bits per heavy atom. The average Bonchev–Trinajstić information content (AvgIpc) is 2.10. The Labute approximate surface area is 91.4 Å². The fourth-order valence-electron chi connectivity index (χ4n) is 1.14. The normalized spacial score (nSPS) is 10.2.